The fraction of sp³-hybridized carbons (Fsp3) is 0.176. The number of carbonyl (C=O) groups excluding carboxylic acids is 1. The van der Waals surface area contributed by atoms with Crippen molar-refractivity contribution < 1.29 is 13.2 Å². The summed E-state index contributed by atoms with van der Waals surface area (Å²) in [5, 5.41) is 2.06. The summed E-state index contributed by atoms with van der Waals surface area (Å²) in [6.07, 6.45) is 0.616. The van der Waals surface area contributed by atoms with Crippen molar-refractivity contribution in [2.75, 3.05) is 11.3 Å². The predicted molar refractivity (Wildman–Crippen MR) is 102 cm³/mol. The van der Waals surface area contributed by atoms with Crippen molar-refractivity contribution in [1.82, 2.24) is 9.88 Å². The second kappa shape index (κ2) is 6.82. The van der Waals surface area contributed by atoms with Gasteiger partial charge >= 0.3 is 0 Å². The Kier molecular flexibility index (Phi) is 4.51. The molecule has 0 bridgehead atoms. The zero-order chi connectivity index (χ0) is 18.1. The van der Waals surface area contributed by atoms with E-state index in [9.17, 15) is 13.2 Å². The third-order valence-corrected chi connectivity index (χ3v) is 7.88. The van der Waals surface area contributed by atoms with Crippen LogP contribution in [0.4, 0.5) is 5.13 Å². The van der Waals surface area contributed by atoms with E-state index in [-0.39, 0.29) is 10.1 Å². The molecule has 0 spiro atoms. The summed E-state index contributed by atoms with van der Waals surface area (Å²) < 4.78 is 27.5. The average Bonchev–Trinajstić information content (AvgIpc) is 3.30. The lowest BCUT2D eigenvalue weighted by Crippen LogP contribution is -2.35. The lowest BCUT2D eigenvalue weighted by molar-refractivity contribution is 0.0736. The highest BCUT2D eigenvalue weighted by Gasteiger charge is 2.26. The lowest BCUT2D eigenvalue weighted by Gasteiger charge is -2.26. The highest BCUT2D eigenvalue weighted by atomic mass is 32.2. The smallest absolute Gasteiger partial charge is 0.273 e. The van der Waals surface area contributed by atoms with Crippen LogP contribution in [0.3, 0.4) is 0 Å². The molecule has 134 valence electrons. The number of anilines is 1. The normalized spacial score (nSPS) is 14.1. The maximum Gasteiger partial charge on any atom is 0.273 e. The minimum atomic E-state index is -3.61. The van der Waals surface area contributed by atoms with Gasteiger partial charge in [-0.2, -0.15) is 0 Å². The van der Waals surface area contributed by atoms with Gasteiger partial charge in [-0.25, -0.2) is 13.4 Å². The van der Waals surface area contributed by atoms with E-state index in [1.54, 1.807) is 34.5 Å². The molecule has 1 aliphatic rings. The summed E-state index contributed by atoms with van der Waals surface area (Å²) in [7, 11) is -3.61. The Bertz CT molecular complexity index is 1030. The first-order valence-electron chi connectivity index (χ1n) is 7.92. The van der Waals surface area contributed by atoms with Crippen LogP contribution < -0.4 is 4.72 Å². The number of hydrogen-bond acceptors (Lipinski definition) is 6. The maximum absolute atomic E-state index is 12.6. The Morgan fingerprint density at radius 2 is 1.96 bits per heavy atom. The Balaban J connectivity index is 1.52. The van der Waals surface area contributed by atoms with Crippen molar-refractivity contribution in [3.05, 3.63) is 64.0 Å². The second-order valence-corrected chi connectivity index (χ2v) is 9.71. The third kappa shape index (κ3) is 3.37. The van der Waals surface area contributed by atoms with Gasteiger partial charge in [0.25, 0.3) is 15.9 Å². The second-order valence-electron chi connectivity index (χ2n) is 5.77. The summed E-state index contributed by atoms with van der Waals surface area (Å²) in [5.41, 5.74) is 1.51. The van der Waals surface area contributed by atoms with Gasteiger partial charge in [-0.3, -0.25) is 9.52 Å². The molecular weight excluding hydrogens is 390 g/mol. The highest BCUT2D eigenvalue weighted by Crippen LogP contribution is 2.30. The van der Waals surface area contributed by atoms with Gasteiger partial charge in [-0.1, -0.05) is 35.6 Å². The molecule has 26 heavy (non-hydrogen) atoms. The van der Waals surface area contributed by atoms with Crippen LogP contribution >= 0.6 is 22.7 Å². The van der Waals surface area contributed by atoms with Crippen LogP contribution in [0.5, 0.6) is 0 Å². The van der Waals surface area contributed by atoms with Gasteiger partial charge in [-0.15, -0.1) is 11.3 Å². The molecule has 0 atom stereocenters. The van der Waals surface area contributed by atoms with E-state index in [0.29, 0.717) is 30.2 Å². The van der Waals surface area contributed by atoms with E-state index < -0.39 is 10.0 Å². The van der Waals surface area contributed by atoms with Crippen LogP contribution in [0.1, 0.15) is 20.9 Å². The standard InChI is InChI=1S/C17H15N3O3S3/c21-16(12-5-2-1-3-6-12)20-9-8-13-14(11-20)25-17(18-13)19-26(22,23)15-7-4-10-24-15/h1-7,10H,8-9,11H2,(H,18,19). The number of carbonyl (C=O) groups is 1. The minimum absolute atomic E-state index is 0.0228. The van der Waals surface area contributed by atoms with Crippen molar-refractivity contribution in [2.45, 2.75) is 17.2 Å². The summed E-state index contributed by atoms with van der Waals surface area (Å²) in [6.45, 7) is 1.02. The summed E-state index contributed by atoms with van der Waals surface area (Å²) in [5.74, 6) is -0.0228. The molecule has 1 aromatic carbocycles. The molecule has 6 nitrogen and oxygen atoms in total. The fourth-order valence-electron chi connectivity index (χ4n) is 2.76. The topological polar surface area (TPSA) is 79.4 Å². The van der Waals surface area contributed by atoms with Crippen molar-refractivity contribution in [3.63, 3.8) is 0 Å². The maximum atomic E-state index is 12.6. The Morgan fingerprint density at radius 1 is 1.15 bits per heavy atom. The number of thiophene rings is 1. The van der Waals surface area contributed by atoms with Gasteiger partial charge in [0.1, 0.15) is 4.21 Å². The third-order valence-electron chi connectivity index (χ3n) is 4.02. The molecule has 0 fully saturated rings. The molecule has 0 aliphatic carbocycles. The van der Waals surface area contributed by atoms with Gasteiger partial charge in [0.05, 0.1) is 12.2 Å². The molecule has 1 amide bonds. The molecule has 1 aliphatic heterocycles. The molecule has 0 unspecified atom stereocenters. The van der Waals surface area contributed by atoms with Gasteiger partial charge in [0.2, 0.25) is 0 Å². The highest BCUT2D eigenvalue weighted by molar-refractivity contribution is 7.94. The minimum Gasteiger partial charge on any atom is -0.333 e. The van der Waals surface area contributed by atoms with Gasteiger partial charge in [0, 0.05) is 23.4 Å². The van der Waals surface area contributed by atoms with Crippen LogP contribution in [0.15, 0.2) is 52.1 Å². The summed E-state index contributed by atoms with van der Waals surface area (Å²) in [6, 6.07) is 12.4. The van der Waals surface area contributed by atoms with E-state index >= 15 is 0 Å². The Hall–Kier alpha value is -2.23. The van der Waals surface area contributed by atoms with Crippen molar-refractivity contribution in [1.29, 1.82) is 0 Å². The first-order chi connectivity index (χ1) is 12.5. The molecule has 0 saturated heterocycles. The Labute approximate surface area is 159 Å². The molecule has 9 heteroatoms. The molecule has 0 saturated carbocycles. The number of nitrogens with one attached hydrogen (secondary N) is 1. The number of aromatic nitrogens is 1. The van der Waals surface area contributed by atoms with Crippen molar-refractivity contribution in [3.8, 4) is 0 Å². The molecule has 3 aromatic rings. The monoisotopic (exact) mass is 405 g/mol. The number of rotatable bonds is 4. The van der Waals surface area contributed by atoms with E-state index in [1.165, 1.54) is 11.3 Å². The lowest BCUT2D eigenvalue weighted by atomic mass is 10.1. The van der Waals surface area contributed by atoms with Crippen LogP contribution in [0.2, 0.25) is 0 Å². The summed E-state index contributed by atoms with van der Waals surface area (Å²) >= 11 is 2.44. The number of benzene rings is 1. The van der Waals surface area contributed by atoms with E-state index in [4.69, 9.17) is 0 Å². The zero-order valence-corrected chi connectivity index (χ0v) is 16.0. The van der Waals surface area contributed by atoms with Crippen molar-refractivity contribution >= 4 is 43.7 Å². The Morgan fingerprint density at radius 3 is 2.69 bits per heavy atom. The predicted octanol–water partition coefficient (Wildman–Crippen LogP) is 3.20. The average molecular weight is 406 g/mol. The molecule has 3 heterocycles. The molecule has 2 aromatic heterocycles. The zero-order valence-electron chi connectivity index (χ0n) is 13.6. The SMILES string of the molecule is O=C(c1ccccc1)N1CCc2nc(NS(=O)(=O)c3cccs3)sc2C1. The molecule has 4 rings (SSSR count). The number of hydrogen-bond donors (Lipinski definition) is 1. The van der Waals surface area contributed by atoms with Crippen LogP contribution in [-0.4, -0.2) is 30.8 Å². The molecule has 1 N–H and O–H groups in total. The first-order valence-corrected chi connectivity index (χ1v) is 11.1. The van der Waals surface area contributed by atoms with Gasteiger partial charge < -0.3 is 4.90 Å². The largest absolute Gasteiger partial charge is 0.333 e. The van der Waals surface area contributed by atoms with E-state index in [0.717, 1.165) is 21.9 Å². The fourth-order valence-corrected chi connectivity index (χ4v) is 6.01. The van der Waals surface area contributed by atoms with Crippen LogP contribution in [-0.2, 0) is 23.0 Å². The van der Waals surface area contributed by atoms with E-state index in [2.05, 4.69) is 9.71 Å². The number of amides is 1. The first kappa shape index (κ1) is 17.2. The van der Waals surface area contributed by atoms with Gasteiger partial charge in [0.15, 0.2) is 5.13 Å². The van der Waals surface area contributed by atoms with Gasteiger partial charge in [-0.05, 0) is 23.6 Å². The number of thiazole rings is 1. The van der Waals surface area contributed by atoms with Crippen LogP contribution in [0, 0.1) is 0 Å². The number of nitrogens with zero attached hydrogens (tertiary/aromatic N) is 2. The molecule has 0 radical (unpaired) electrons. The van der Waals surface area contributed by atoms with Crippen LogP contribution in [0.25, 0.3) is 0 Å². The quantitative estimate of drug-likeness (QED) is 0.723. The van der Waals surface area contributed by atoms with Crippen molar-refractivity contribution in [2.24, 2.45) is 0 Å². The molecular formula is C17H15N3O3S3. The number of sulfonamides is 1. The van der Waals surface area contributed by atoms with E-state index in [1.807, 2.05) is 18.2 Å². The summed E-state index contributed by atoms with van der Waals surface area (Å²) in [4.78, 5) is 19.7. The number of fused-ring (bicyclic) bond motifs is 1.